The molecule has 0 aromatic heterocycles. The molecule has 0 unspecified atom stereocenters. The smallest absolute Gasteiger partial charge is 0.0689 e. The standard InChI is InChI=1S/C10H15N/c11-8-10(6-7-10)5-4-9-2-1-3-9/h9H,1-7H2. The van der Waals surface area contributed by atoms with Gasteiger partial charge in [0.1, 0.15) is 0 Å². The summed E-state index contributed by atoms with van der Waals surface area (Å²) >= 11 is 0. The lowest BCUT2D eigenvalue weighted by Gasteiger charge is -2.25. The fourth-order valence-electron chi connectivity index (χ4n) is 1.83. The molecule has 0 spiro atoms. The highest BCUT2D eigenvalue weighted by molar-refractivity contribution is 5.09. The van der Waals surface area contributed by atoms with Gasteiger partial charge in [0.25, 0.3) is 0 Å². The van der Waals surface area contributed by atoms with Crippen molar-refractivity contribution in [2.24, 2.45) is 11.3 Å². The van der Waals surface area contributed by atoms with Gasteiger partial charge in [0.2, 0.25) is 0 Å². The lowest BCUT2D eigenvalue weighted by atomic mass is 9.80. The van der Waals surface area contributed by atoms with E-state index in [2.05, 4.69) is 6.07 Å². The van der Waals surface area contributed by atoms with Gasteiger partial charge in [-0.15, -0.1) is 0 Å². The number of nitriles is 1. The number of hydrogen-bond acceptors (Lipinski definition) is 1. The van der Waals surface area contributed by atoms with E-state index in [1.165, 1.54) is 44.9 Å². The Morgan fingerprint density at radius 1 is 1.36 bits per heavy atom. The molecule has 1 nitrogen and oxygen atoms in total. The summed E-state index contributed by atoms with van der Waals surface area (Å²) in [5.41, 5.74) is 0.162. The van der Waals surface area contributed by atoms with E-state index in [1.807, 2.05) is 0 Å². The Labute approximate surface area is 68.4 Å². The average Bonchev–Trinajstić information content (AvgIpc) is 2.66. The fraction of sp³-hybridized carbons (Fsp3) is 0.900. The Morgan fingerprint density at radius 3 is 2.45 bits per heavy atom. The van der Waals surface area contributed by atoms with Crippen molar-refractivity contribution >= 4 is 0 Å². The topological polar surface area (TPSA) is 23.8 Å². The van der Waals surface area contributed by atoms with Crippen LogP contribution in [0.2, 0.25) is 0 Å². The van der Waals surface area contributed by atoms with Crippen LogP contribution in [0.25, 0.3) is 0 Å². The van der Waals surface area contributed by atoms with Gasteiger partial charge < -0.3 is 0 Å². The highest BCUT2D eigenvalue weighted by Gasteiger charge is 2.42. The van der Waals surface area contributed by atoms with Crippen molar-refractivity contribution < 1.29 is 0 Å². The predicted molar refractivity (Wildman–Crippen MR) is 43.9 cm³/mol. The van der Waals surface area contributed by atoms with Crippen LogP contribution in [0.3, 0.4) is 0 Å². The molecule has 2 rings (SSSR count). The Hall–Kier alpha value is -0.510. The summed E-state index contributed by atoms with van der Waals surface area (Å²) < 4.78 is 0. The maximum atomic E-state index is 8.81. The summed E-state index contributed by atoms with van der Waals surface area (Å²) in [7, 11) is 0. The molecule has 0 radical (unpaired) electrons. The van der Waals surface area contributed by atoms with Crippen molar-refractivity contribution in [1.82, 2.24) is 0 Å². The van der Waals surface area contributed by atoms with Gasteiger partial charge in [0, 0.05) is 0 Å². The molecule has 0 atom stereocenters. The predicted octanol–water partition coefficient (Wildman–Crippen LogP) is 2.87. The Balaban J connectivity index is 1.70. The number of rotatable bonds is 3. The van der Waals surface area contributed by atoms with Crippen LogP contribution in [0, 0.1) is 22.7 Å². The molecule has 2 fully saturated rings. The van der Waals surface area contributed by atoms with Crippen LogP contribution in [0.1, 0.15) is 44.9 Å². The lowest BCUT2D eigenvalue weighted by molar-refractivity contribution is 0.276. The zero-order chi connectivity index (χ0) is 7.73. The third-order valence-corrected chi connectivity index (χ3v) is 3.35. The quantitative estimate of drug-likeness (QED) is 0.605. The SMILES string of the molecule is N#CC1(CCC2CCC2)CC1. The van der Waals surface area contributed by atoms with Gasteiger partial charge in [0.15, 0.2) is 0 Å². The van der Waals surface area contributed by atoms with Gasteiger partial charge in [0.05, 0.1) is 11.5 Å². The second kappa shape index (κ2) is 2.52. The van der Waals surface area contributed by atoms with Gasteiger partial charge in [-0.1, -0.05) is 19.3 Å². The van der Waals surface area contributed by atoms with Crippen molar-refractivity contribution in [2.75, 3.05) is 0 Å². The van der Waals surface area contributed by atoms with E-state index in [0.29, 0.717) is 0 Å². The van der Waals surface area contributed by atoms with Crippen LogP contribution in [0.15, 0.2) is 0 Å². The molecule has 0 amide bonds. The minimum Gasteiger partial charge on any atom is -0.198 e. The molecule has 0 N–H and O–H groups in total. The first-order valence-corrected chi connectivity index (χ1v) is 4.76. The molecule has 1 heteroatoms. The van der Waals surface area contributed by atoms with Gasteiger partial charge in [-0.3, -0.25) is 0 Å². The molecular weight excluding hydrogens is 134 g/mol. The first-order chi connectivity index (χ1) is 5.35. The van der Waals surface area contributed by atoms with Gasteiger partial charge >= 0.3 is 0 Å². The van der Waals surface area contributed by atoms with Crippen molar-refractivity contribution in [3.63, 3.8) is 0 Å². The van der Waals surface area contributed by atoms with Crippen LogP contribution < -0.4 is 0 Å². The normalized spacial score (nSPS) is 27.2. The summed E-state index contributed by atoms with van der Waals surface area (Å²) in [5, 5.41) is 8.81. The molecule has 2 aliphatic carbocycles. The zero-order valence-corrected chi connectivity index (χ0v) is 6.97. The third kappa shape index (κ3) is 1.40. The van der Waals surface area contributed by atoms with Crippen molar-refractivity contribution in [2.45, 2.75) is 44.9 Å². The van der Waals surface area contributed by atoms with E-state index in [9.17, 15) is 0 Å². The van der Waals surface area contributed by atoms with E-state index >= 15 is 0 Å². The largest absolute Gasteiger partial charge is 0.198 e. The summed E-state index contributed by atoms with van der Waals surface area (Å²) in [6, 6.07) is 2.46. The van der Waals surface area contributed by atoms with E-state index in [4.69, 9.17) is 5.26 Å². The first kappa shape index (κ1) is 7.16. The van der Waals surface area contributed by atoms with E-state index in [0.717, 1.165) is 5.92 Å². The van der Waals surface area contributed by atoms with Gasteiger partial charge in [-0.2, -0.15) is 5.26 Å². The van der Waals surface area contributed by atoms with E-state index < -0.39 is 0 Å². The molecule has 2 aliphatic rings. The zero-order valence-electron chi connectivity index (χ0n) is 6.97. The highest BCUT2D eigenvalue weighted by atomic mass is 14.5. The van der Waals surface area contributed by atoms with Crippen LogP contribution in [0.4, 0.5) is 0 Å². The number of hydrogen-bond donors (Lipinski definition) is 0. The lowest BCUT2D eigenvalue weighted by Crippen LogP contribution is -2.12. The molecule has 0 aromatic carbocycles. The Morgan fingerprint density at radius 2 is 2.09 bits per heavy atom. The molecule has 60 valence electrons. The first-order valence-electron chi connectivity index (χ1n) is 4.76. The van der Waals surface area contributed by atoms with Crippen LogP contribution in [-0.2, 0) is 0 Å². The molecule has 0 aliphatic heterocycles. The Kier molecular flexibility index (Phi) is 1.64. The molecule has 0 bridgehead atoms. The molecular formula is C10H15N. The van der Waals surface area contributed by atoms with Crippen LogP contribution >= 0.6 is 0 Å². The van der Waals surface area contributed by atoms with Crippen molar-refractivity contribution in [3.05, 3.63) is 0 Å². The summed E-state index contributed by atoms with van der Waals surface area (Å²) in [6.45, 7) is 0. The monoisotopic (exact) mass is 149 g/mol. The molecule has 2 saturated carbocycles. The van der Waals surface area contributed by atoms with Crippen LogP contribution in [-0.4, -0.2) is 0 Å². The second-order valence-electron chi connectivity index (χ2n) is 4.23. The molecule has 0 heterocycles. The minimum absolute atomic E-state index is 0.162. The molecule has 0 aromatic rings. The second-order valence-corrected chi connectivity index (χ2v) is 4.23. The average molecular weight is 149 g/mol. The molecule has 11 heavy (non-hydrogen) atoms. The van der Waals surface area contributed by atoms with Gasteiger partial charge in [-0.25, -0.2) is 0 Å². The van der Waals surface area contributed by atoms with Crippen LogP contribution in [0.5, 0.6) is 0 Å². The maximum Gasteiger partial charge on any atom is 0.0689 e. The Bertz CT molecular complexity index is 182. The number of nitrogens with zero attached hydrogens (tertiary/aromatic N) is 1. The summed E-state index contributed by atoms with van der Waals surface area (Å²) in [4.78, 5) is 0. The summed E-state index contributed by atoms with van der Waals surface area (Å²) in [6.07, 6.45) is 9.17. The minimum atomic E-state index is 0.162. The van der Waals surface area contributed by atoms with Crippen molar-refractivity contribution in [1.29, 1.82) is 5.26 Å². The highest BCUT2D eigenvalue weighted by Crippen LogP contribution is 2.50. The maximum absolute atomic E-state index is 8.81. The molecule has 0 saturated heterocycles. The summed E-state index contributed by atoms with van der Waals surface area (Å²) in [5.74, 6) is 0.987. The van der Waals surface area contributed by atoms with Crippen molar-refractivity contribution in [3.8, 4) is 6.07 Å². The van der Waals surface area contributed by atoms with E-state index in [-0.39, 0.29) is 5.41 Å². The fourth-order valence-corrected chi connectivity index (χ4v) is 1.83. The third-order valence-electron chi connectivity index (χ3n) is 3.35. The van der Waals surface area contributed by atoms with Gasteiger partial charge in [-0.05, 0) is 31.6 Å². The van der Waals surface area contributed by atoms with E-state index in [1.54, 1.807) is 0 Å².